The van der Waals surface area contributed by atoms with Gasteiger partial charge in [0.15, 0.2) is 9.84 Å². The molecule has 96 valence electrons. The highest BCUT2D eigenvalue weighted by Gasteiger charge is 2.30. The van der Waals surface area contributed by atoms with Crippen LogP contribution in [-0.4, -0.2) is 45.1 Å². The molecule has 0 radical (unpaired) electrons. The highest BCUT2D eigenvalue weighted by Crippen LogP contribution is 2.15. The molecule has 0 bridgehead atoms. The van der Waals surface area contributed by atoms with Crippen LogP contribution in [0.2, 0.25) is 0 Å². The molecule has 1 unspecified atom stereocenters. The average molecular weight is 248 g/mol. The van der Waals surface area contributed by atoms with Crippen LogP contribution in [0.25, 0.3) is 0 Å². The predicted octanol–water partition coefficient (Wildman–Crippen LogP) is 0.541. The SMILES string of the molecule is CC(C)(CNC1CCCNCC1)S(C)(=O)=O. The van der Waals surface area contributed by atoms with Gasteiger partial charge in [0.2, 0.25) is 0 Å². The van der Waals surface area contributed by atoms with Crippen LogP contribution in [-0.2, 0) is 9.84 Å². The van der Waals surface area contributed by atoms with Gasteiger partial charge in [-0.05, 0) is 46.2 Å². The van der Waals surface area contributed by atoms with Crippen molar-refractivity contribution in [3.8, 4) is 0 Å². The fraction of sp³-hybridized carbons (Fsp3) is 1.00. The second-order valence-electron chi connectivity index (χ2n) is 5.29. The van der Waals surface area contributed by atoms with Gasteiger partial charge in [0, 0.05) is 18.8 Å². The van der Waals surface area contributed by atoms with E-state index in [1.54, 1.807) is 13.8 Å². The molecule has 4 nitrogen and oxygen atoms in total. The van der Waals surface area contributed by atoms with Crippen LogP contribution in [0, 0.1) is 0 Å². The maximum Gasteiger partial charge on any atom is 0.153 e. The van der Waals surface area contributed by atoms with E-state index >= 15 is 0 Å². The van der Waals surface area contributed by atoms with Crippen molar-refractivity contribution in [3.05, 3.63) is 0 Å². The number of hydrogen-bond acceptors (Lipinski definition) is 4. The molecule has 0 aliphatic carbocycles. The number of rotatable bonds is 4. The first-order valence-corrected chi connectivity index (χ1v) is 7.86. The van der Waals surface area contributed by atoms with Gasteiger partial charge >= 0.3 is 0 Å². The van der Waals surface area contributed by atoms with Gasteiger partial charge in [-0.1, -0.05) is 0 Å². The molecule has 1 atom stereocenters. The summed E-state index contributed by atoms with van der Waals surface area (Å²) in [5.74, 6) is 0. The molecule has 0 aromatic carbocycles. The fourth-order valence-corrected chi connectivity index (χ4v) is 2.09. The van der Waals surface area contributed by atoms with Crippen molar-refractivity contribution >= 4 is 9.84 Å². The quantitative estimate of drug-likeness (QED) is 0.762. The van der Waals surface area contributed by atoms with Crippen molar-refractivity contribution in [3.63, 3.8) is 0 Å². The zero-order valence-corrected chi connectivity index (χ0v) is 11.4. The van der Waals surface area contributed by atoms with Crippen molar-refractivity contribution < 1.29 is 8.42 Å². The Balaban J connectivity index is 2.44. The van der Waals surface area contributed by atoms with E-state index in [1.807, 2.05) is 0 Å². The van der Waals surface area contributed by atoms with Gasteiger partial charge in [-0.2, -0.15) is 0 Å². The van der Waals surface area contributed by atoms with E-state index < -0.39 is 14.6 Å². The van der Waals surface area contributed by atoms with Gasteiger partial charge in [-0.15, -0.1) is 0 Å². The van der Waals surface area contributed by atoms with Crippen LogP contribution in [0.5, 0.6) is 0 Å². The van der Waals surface area contributed by atoms with Crippen LogP contribution in [0.15, 0.2) is 0 Å². The molecule has 1 aliphatic heterocycles. The summed E-state index contributed by atoms with van der Waals surface area (Å²) < 4.78 is 22.4. The van der Waals surface area contributed by atoms with E-state index in [2.05, 4.69) is 10.6 Å². The minimum atomic E-state index is -2.99. The highest BCUT2D eigenvalue weighted by molar-refractivity contribution is 7.92. The van der Waals surface area contributed by atoms with Crippen molar-refractivity contribution in [2.24, 2.45) is 0 Å². The molecule has 1 rings (SSSR count). The third-order valence-corrected chi connectivity index (χ3v) is 5.55. The van der Waals surface area contributed by atoms with Crippen molar-refractivity contribution in [1.82, 2.24) is 10.6 Å². The van der Waals surface area contributed by atoms with Gasteiger partial charge in [-0.25, -0.2) is 8.42 Å². The summed E-state index contributed by atoms with van der Waals surface area (Å²) in [6.07, 6.45) is 4.69. The Labute approximate surface area is 99.1 Å². The van der Waals surface area contributed by atoms with Crippen LogP contribution in [0.3, 0.4) is 0 Å². The largest absolute Gasteiger partial charge is 0.317 e. The predicted molar refractivity (Wildman–Crippen MR) is 67.4 cm³/mol. The summed E-state index contributed by atoms with van der Waals surface area (Å²) in [5.41, 5.74) is 0. The molecule has 0 aromatic rings. The maximum absolute atomic E-state index is 11.5. The second-order valence-corrected chi connectivity index (χ2v) is 7.94. The lowest BCUT2D eigenvalue weighted by atomic mass is 10.1. The Kier molecular flexibility index (Phi) is 4.76. The molecule has 1 aliphatic rings. The fourth-order valence-electron chi connectivity index (χ4n) is 1.74. The first-order valence-electron chi connectivity index (χ1n) is 5.97. The Morgan fingerprint density at radius 3 is 2.62 bits per heavy atom. The number of hydrogen-bond donors (Lipinski definition) is 2. The molecule has 16 heavy (non-hydrogen) atoms. The standard InChI is InChI=1S/C11H24N2O2S/c1-11(2,16(3,14)15)9-13-10-5-4-7-12-8-6-10/h10,12-13H,4-9H2,1-3H3. The third kappa shape index (κ3) is 4.03. The summed E-state index contributed by atoms with van der Waals surface area (Å²) >= 11 is 0. The van der Waals surface area contributed by atoms with Gasteiger partial charge in [0.05, 0.1) is 4.75 Å². The first-order chi connectivity index (χ1) is 7.33. The van der Waals surface area contributed by atoms with E-state index in [4.69, 9.17) is 0 Å². The topological polar surface area (TPSA) is 58.2 Å². The molecule has 1 fully saturated rings. The van der Waals surface area contributed by atoms with Gasteiger partial charge in [0.1, 0.15) is 0 Å². The van der Waals surface area contributed by atoms with Crippen LogP contribution >= 0.6 is 0 Å². The zero-order chi connectivity index (χ0) is 12.2. The van der Waals surface area contributed by atoms with E-state index in [0.717, 1.165) is 32.4 Å². The van der Waals surface area contributed by atoms with Gasteiger partial charge in [0.25, 0.3) is 0 Å². The monoisotopic (exact) mass is 248 g/mol. The normalized spacial score (nSPS) is 24.1. The molecule has 1 heterocycles. The van der Waals surface area contributed by atoms with Crippen molar-refractivity contribution in [1.29, 1.82) is 0 Å². The summed E-state index contributed by atoms with van der Waals surface area (Å²) in [6, 6.07) is 0.455. The summed E-state index contributed by atoms with van der Waals surface area (Å²) in [6.45, 7) is 6.20. The van der Waals surface area contributed by atoms with E-state index in [0.29, 0.717) is 12.6 Å². The van der Waals surface area contributed by atoms with Crippen molar-refractivity contribution in [2.45, 2.75) is 43.9 Å². The Morgan fingerprint density at radius 1 is 1.31 bits per heavy atom. The molecule has 0 saturated carbocycles. The summed E-state index contributed by atoms with van der Waals surface area (Å²) in [5, 5.41) is 6.74. The van der Waals surface area contributed by atoms with Gasteiger partial charge in [-0.3, -0.25) is 0 Å². The molecule has 5 heteroatoms. The zero-order valence-electron chi connectivity index (χ0n) is 10.5. The number of sulfone groups is 1. The summed E-state index contributed by atoms with van der Waals surface area (Å²) in [4.78, 5) is 0. The Hall–Kier alpha value is -0.130. The second kappa shape index (κ2) is 5.47. The molecule has 0 aromatic heterocycles. The molecule has 0 amide bonds. The number of nitrogens with one attached hydrogen (secondary N) is 2. The van der Waals surface area contributed by atoms with Crippen molar-refractivity contribution in [2.75, 3.05) is 25.9 Å². The van der Waals surface area contributed by atoms with E-state index in [1.165, 1.54) is 6.26 Å². The molecule has 1 saturated heterocycles. The molecular formula is C11H24N2O2S. The molecular weight excluding hydrogens is 224 g/mol. The first kappa shape index (κ1) is 13.9. The van der Waals surface area contributed by atoms with E-state index in [9.17, 15) is 8.42 Å². The van der Waals surface area contributed by atoms with Crippen LogP contribution in [0.1, 0.15) is 33.1 Å². The van der Waals surface area contributed by atoms with Crippen LogP contribution < -0.4 is 10.6 Å². The maximum atomic E-state index is 11.5. The lowest BCUT2D eigenvalue weighted by Gasteiger charge is -2.26. The third-order valence-electron chi connectivity index (χ3n) is 3.40. The Morgan fingerprint density at radius 2 is 2.00 bits per heavy atom. The average Bonchev–Trinajstić information content (AvgIpc) is 2.41. The summed E-state index contributed by atoms with van der Waals surface area (Å²) in [7, 11) is -2.99. The molecule has 0 spiro atoms. The highest BCUT2D eigenvalue weighted by atomic mass is 32.2. The Bertz CT molecular complexity index is 304. The van der Waals surface area contributed by atoms with Crippen LogP contribution in [0.4, 0.5) is 0 Å². The lowest BCUT2D eigenvalue weighted by Crippen LogP contribution is -2.45. The smallest absolute Gasteiger partial charge is 0.153 e. The molecule has 2 N–H and O–H groups in total. The lowest BCUT2D eigenvalue weighted by molar-refractivity contribution is 0.435. The minimum absolute atomic E-state index is 0.455. The van der Waals surface area contributed by atoms with E-state index in [-0.39, 0.29) is 0 Å². The minimum Gasteiger partial charge on any atom is -0.317 e. The van der Waals surface area contributed by atoms with Gasteiger partial charge < -0.3 is 10.6 Å².